The van der Waals surface area contributed by atoms with E-state index >= 15 is 0 Å². The topological polar surface area (TPSA) is 41.6 Å². The van der Waals surface area contributed by atoms with Crippen molar-refractivity contribution >= 4 is 11.6 Å². The molecule has 1 aliphatic rings. The summed E-state index contributed by atoms with van der Waals surface area (Å²) < 4.78 is 5.38. The van der Waals surface area contributed by atoms with Crippen LogP contribution in [0.5, 0.6) is 5.75 Å². The van der Waals surface area contributed by atoms with Crippen LogP contribution in [0, 0.1) is 0 Å². The van der Waals surface area contributed by atoms with Crippen LogP contribution in [-0.2, 0) is 4.79 Å². The Hall–Kier alpha value is -1.55. The van der Waals surface area contributed by atoms with E-state index in [0.717, 1.165) is 24.4 Å². The van der Waals surface area contributed by atoms with Crippen molar-refractivity contribution in [3.05, 3.63) is 24.3 Å². The Balaban J connectivity index is 2.10. The number of anilines is 1. The Morgan fingerprint density at radius 3 is 2.65 bits per heavy atom. The largest absolute Gasteiger partial charge is 0.494 e. The highest BCUT2D eigenvalue weighted by atomic mass is 16.5. The zero-order chi connectivity index (χ0) is 12.3. The molecular weight excluding hydrogens is 216 g/mol. The van der Waals surface area contributed by atoms with Crippen molar-refractivity contribution in [1.82, 2.24) is 5.32 Å². The fraction of sp³-hybridized carbons (Fsp3) is 0.462. The third kappa shape index (κ3) is 2.42. The van der Waals surface area contributed by atoms with E-state index in [1.807, 2.05) is 43.1 Å². The average molecular weight is 234 g/mol. The lowest BCUT2D eigenvalue weighted by molar-refractivity contribution is -0.118. The molecule has 1 aromatic rings. The van der Waals surface area contributed by atoms with E-state index in [1.165, 1.54) is 0 Å². The number of rotatable bonds is 4. The molecule has 1 saturated heterocycles. The van der Waals surface area contributed by atoms with Crippen LogP contribution in [-0.4, -0.2) is 32.1 Å². The number of hydrogen-bond acceptors (Lipinski definition) is 3. The number of carbonyl (C=O) groups excluding carboxylic acids is 1. The molecule has 92 valence electrons. The van der Waals surface area contributed by atoms with Gasteiger partial charge in [-0.2, -0.15) is 0 Å². The minimum absolute atomic E-state index is 0.0402. The number of carbonyl (C=O) groups is 1. The average Bonchev–Trinajstić information content (AvgIpc) is 2.72. The van der Waals surface area contributed by atoms with Crippen LogP contribution in [0.15, 0.2) is 24.3 Å². The molecule has 1 amide bonds. The monoisotopic (exact) mass is 234 g/mol. The van der Waals surface area contributed by atoms with Gasteiger partial charge in [0.2, 0.25) is 5.91 Å². The van der Waals surface area contributed by atoms with Crippen LogP contribution in [0.4, 0.5) is 5.69 Å². The van der Waals surface area contributed by atoms with Crippen LogP contribution in [0.25, 0.3) is 0 Å². The van der Waals surface area contributed by atoms with Crippen LogP contribution in [0.1, 0.15) is 13.3 Å². The Morgan fingerprint density at radius 2 is 2.12 bits per heavy atom. The first-order chi connectivity index (χ1) is 8.26. The first-order valence-electron chi connectivity index (χ1n) is 5.97. The summed E-state index contributed by atoms with van der Waals surface area (Å²) in [5.74, 6) is 0.990. The zero-order valence-electron chi connectivity index (χ0n) is 10.3. The lowest BCUT2D eigenvalue weighted by atomic mass is 10.2. The second-order valence-electron chi connectivity index (χ2n) is 4.05. The van der Waals surface area contributed by atoms with E-state index in [4.69, 9.17) is 4.74 Å². The third-order valence-electron chi connectivity index (χ3n) is 3.01. The van der Waals surface area contributed by atoms with Crippen molar-refractivity contribution in [2.45, 2.75) is 19.4 Å². The second-order valence-corrected chi connectivity index (χ2v) is 4.05. The Labute approximate surface area is 102 Å². The number of amides is 1. The predicted molar refractivity (Wildman–Crippen MR) is 67.4 cm³/mol. The minimum Gasteiger partial charge on any atom is -0.494 e. The fourth-order valence-electron chi connectivity index (χ4n) is 2.09. The molecule has 0 aromatic heterocycles. The molecule has 1 N–H and O–H groups in total. The molecule has 1 aliphatic heterocycles. The number of hydrogen-bond donors (Lipinski definition) is 1. The SMILES string of the molecule is CCOc1ccc(N2CCC(NC)C2=O)cc1. The highest BCUT2D eigenvalue weighted by molar-refractivity contribution is 5.99. The summed E-state index contributed by atoms with van der Waals surface area (Å²) in [7, 11) is 1.82. The lowest BCUT2D eigenvalue weighted by Gasteiger charge is -2.17. The van der Waals surface area contributed by atoms with Gasteiger partial charge in [-0.3, -0.25) is 4.79 Å². The molecule has 1 aromatic carbocycles. The van der Waals surface area contributed by atoms with Crippen LogP contribution >= 0.6 is 0 Å². The van der Waals surface area contributed by atoms with Crippen LogP contribution in [0.2, 0.25) is 0 Å². The summed E-state index contributed by atoms with van der Waals surface area (Å²) in [6.07, 6.45) is 0.864. The van der Waals surface area contributed by atoms with Crippen molar-refractivity contribution in [3.63, 3.8) is 0 Å². The molecule has 1 atom stereocenters. The summed E-state index contributed by atoms with van der Waals surface area (Å²) in [5.41, 5.74) is 0.941. The van der Waals surface area contributed by atoms with Crippen molar-refractivity contribution in [3.8, 4) is 5.75 Å². The molecule has 0 spiro atoms. The van der Waals surface area contributed by atoms with Gasteiger partial charge in [-0.25, -0.2) is 0 Å². The molecule has 4 nitrogen and oxygen atoms in total. The van der Waals surface area contributed by atoms with Gasteiger partial charge in [0, 0.05) is 12.2 Å². The summed E-state index contributed by atoms with van der Waals surface area (Å²) in [6.45, 7) is 3.39. The number of nitrogens with one attached hydrogen (secondary N) is 1. The lowest BCUT2D eigenvalue weighted by Crippen LogP contribution is -2.36. The molecular formula is C13H18N2O2. The van der Waals surface area contributed by atoms with E-state index in [2.05, 4.69) is 5.32 Å². The smallest absolute Gasteiger partial charge is 0.244 e. The maximum Gasteiger partial charge on any atom is 0.244 e. The predicted octanol–water partition coefficient (Wildman–Crippen LogP) is 1.41. The molecule has 0 saturated carbocycles. The molecule has 1 heterocycles. The zero-order valence-corrected chi connectivity index (χ0v) is 10.3. The van der Waals surface area contributed by atoms with E-state index in [1.54, 1.807) is 0 Å². The van der Waals surface area contributed by atoms with Crippen LogP contribution < -0.4 is 15.0 Å². The summed E-state index contributed by atoms with van der Waals surface area (Å²) in [5, 5.41) is 3.03. The second kappa shape index (κ2) is 5.19. The molecule has 0 radical (unpaired) electrons. The van der Waals surface area contributed by atoms with Crippen molar-refractivity contribution in [2.75, 3.05) is 25.1 Å². The van der Waals surface area contributed by atoms with Gasteiger partial charge in [0.15, 0.2) is 0 Å². The third-order valence-corrected chi connectivity index (χ3v) is 3.01. The van der Waals surface area contributed by atoms with Crippen molar-refractivity contribution < 1.29 is 9.53 Å². The molecule has 2 rings (SSSR count). The number of benzene rings is 1. The van der Waals surface area contributed by atoms with E-state index < -0.39 is 0 Å². The highest BCUT2D eigenvalue weighted by Gasteiger charge is 2.30. The van der Waals surface area contributed by atoms with Gasteiger partial charge in [0.05, 0.1) is 12.6 Å². The first kappa shape index (κ1) is 11.9. The maximum absolute atomic E-state index is 12.0. The van der Waals surface area contributed by atoms with Gasteiger partial charge in [-0.05, 0) is 44.7 Å². The van der Waals surface area contributed by atoms with Crippen molar-refractivity contribution in [1.29, 1.82) is 0 Å². The number of ether oxygens (including phenoxy) is 1. The molecule has 0 bridgehead atoms. The molecule has 0 aliphatic carbocycles. The maximum atomic E-state index is 12.0. The number of nitrogens with zero attached hydrogens (tertiary/aromatic N) is 1. The normalized spacial score (nSPS) is 19.8. The first-order valence-corrected chi connectivity index (χ1v) is 5.97. The summed E-state index contributed by atoms with van der Waals surface area (Å²) >= 11 is 0. The van der Waals surface area contributed by atoms with Gasteiger partial charge in [0.25, 0.3) is 0 Å². The fourth-order valence-corrected chi connectivity index (χ4v) is 2.09. The molecule has 1 fully saturated rings. The molecule has 1 unspecified atom stereocenters. The highest BCUT2D eigenvalue weighted by Crippen LogP contribution is 2.24. The van der Waals surface area contributed by atoms with E-state index in [-0.39, 0.29) is 11.9 Å². The van der Waals surface area contributed by atoms with Gasteiger partial charge in [-0.1, -0.05) is 0 Å². The van der Waals surface area contributed by atoms with Gasteiger partial charge >= 0.3 is 0 Å². The van der Waals surface area contributed by atoms with E-state index in [9.17, 15) is 4.79 Å². The summed E-state index contributed by atoms with van der Waals surface area (Å²) in [4.78, 5) is 13.8. The Bertz CT molecular complexity index is 389. The number of likely N-dealkylation sites (N-methyl/N-ethyl adjacent to an activating group) is 1. The van der Waals surface area contributed by atoms with E-state index in [0.29, 0.717) is 6.61 Å². The molecule has 4 heteroatoms. The standard InChI is InChI=1S/C13H18N2O2/c1-3-17-11-6-4-10(5-7-11)15-9-8-12(14-2)13(15)16/h4-7,12,14H,3,8-9H2,1-2H3. The summed E-state index contributed by atoms with van der Waals surface area (Å²) in [6, 6.07) is 7.63. The van der Waals surface area contributed by atoms with Crippen LogP contribution in [0.3, 0.4) is 0 Å². The van der Waals surface area contributed by atoms with Gasteiger partial charge in [0.1, 0.15) is 5.75 Å². The van der Waals surface area contributed by atoms with Crippen molar-refractivity contribution in [2.24, 2.45) is 0 Å². The van der Waals surface area contributed by atoms with Gasteiger partial charge in [-0.15, -0.1) is 0 Å². The minimum atomic E-state index is -0.0402. The Morgan fingerprint density at radius 1 is 1.41 bits per heavy atom. The van der Waals surface area contributed by atoms with Gasteiger partial charge < -0.3 is 15.0 Å². The molecule has 17 heavy (non-hydrogen) atoms. The quantitative estimate of drug-likeness (QED) is 0.856. The Kier molecular flexibility index (Phi) is 3.64.